The van der Waals surface area contributed by atoms with Gasteiger partial charge in [-0.1, -0.05) is 36.4 Å². The monoisotopic (exact) mass is 379 g/mol. The summed E-state index contributed by atoms with van der Waals surface area (Å²) in [4.78, 5) is 0. The van der Waals surface area contributed by atoms with Gasteiger partial charge in [0.2, 0.25) is 0 Å². The third kappa shape index (κ3) is 3.41. The zero-order chi connectivity index (χ0) is 14.7. The topological polar surface area (TPSA) is 12.0 Å². The van der Waals surface area contributed by atoms with Crippen molar-refractivity contribution in [1.29, 1.82) is 0 Å². The Morgan fingerprint density at radius 2 is 1.75 bits per heavy atom. The van der Waals surface area contributed by atoms with Crippen molar-refractivity contribution in [2.75, 3.05) is 7.05 Å². The Balaban J connectivity index is 2.28. The van der Waals surface area contributed by atoms with E-state index in [-0.39, 0.29) is 0 Å². The molecule has 0 aliphatic carbocycles. The second-order valence-corrected chi connectivity index (χ2v) is 6.52. The lowest BCUT2D eigenvalue weighted by Gasteiger charge is -2.20. The van der Waals surface area contributed by atoms with Gasteiger partial charge in [-0.15, -0.1) is 0 Å². The molecule has 1 N–H and O–H groups in total. The zero-order valence-electron chi connectivity index (χ0n) is 12.6. The van der Waals surface area contributed by atoms with Gasteiger partial charge in [-0.2, -0.15) is 0 Å². The normalized spacial score (nSPS) is 12.4. The van der Waals surface area contributed by atoms with Crippen LogP contribution < -0.4 is 5.32 Å². The van der Waals surface area contributed by atoms with Crippen molar-refractivity contribution >= 4 is 22.6 Å². The van der Waals surface area contributed by atoms with Crippen LogP contribution in [0.2, 0.25) is 0 Å². The van der Waals surface area contributed by atoms with Crippen molar-refractivity contribution in [3.63, 3.8) is 0 Å². The van der Waals surface area contributed by atoms with Gasteiger partial charge in [0, 0.05) is 9.61 Å². The fourth-order valence-corrected chi connectivity index (χ4v) is 3.21. The summed E-state index contributed by atoms with van der Waals surface area (Å²) in [5.74, 6) is 0. The minimum Gasteiger partial charge on any atom is -0.313 e. The molecule has 20 heavy (non-hydrogen) atoms. The van der Waals surface area contributed by atoms with Crippen LogP contribution in [0.15, 0.2) is 36.4 Å². The van der Waals surface area contributed by atoms with Gasteiger partial charge in [-0.05, 0) is 84.6 Å². The predicted octanol–water partition coefficient (Wildman–Crippen LogP) is 4.72. The Bertz CT molecular complexity index is 604. The summed E-state index contributed by atoms with van der Waals surface area (Å²) >= 11 is 2.46. The summed E-state index contributed by atoms with van der Waals surface area (Å²) in [5.41, 5.74) is 6.87. The van der Waals surface area contributed by atoms with Crippen LogP contribution >= 0.6 is 22.6 Å². The van der Waals surface area contributed by atoms with E-state index < -0.39 is 0 Å². The summed E-state index contributed by atoms with van der Waals surface area (Å²) in [6, 6.07) is 13.7. The molecular weight excluding hydrogens is 357 g/mol. The molecule has 0 aliphatic rings. The average Bonchev–Trinajstić information content (AvgIpc) is 2.43. The minimum absolute atomic E-state index is 0.365. The lowest BCUT2D eigenvalue weighted by Crippen LogP contribution is -2.20. The van der Waals surface area contributed by atoms with Crippen molar-refractivity contribution < 1.29 is 0 Å². The number of nitrogens with one attached hydrogen (secondary N) is 1. The van der Waals surface area contributed by atoms with E-state index in [2.05, 4.69) is 85.1 Å². The van der Waals surface area contributed by atoms with Crippen LogP contribution in [0.1, 0.15) is 33.9 Å². The maximum atomic E-state index is 3.46. The highest BCUT2D eigenvalue weighted by molar-refractivity contribution is 14.1. The van der Waals surface area contributed by atoms with E-state index in [4.69, 9.17) is 0 Å². The average molecular weight is 379 g/mol. The quantitative estimate of drug-likeness (QED) is 0.758. The van der Waals surface area contributed by atoms with Crippen molar-refractivity contribution in [2.24, 2.45) is 0 Å². The van der Waals surface area contributed by atoms with Crippen LogP contribution in [0, 0.1) is 24.3 Å². The van der Waals surface area contributed by atoms with Gasteiger partial charge in [-0.25, -0.2) is 0 Å². The highest BCUT2D eigenvalue weighted by Crippen LogP contribution is 2.26. The molecular formula is C18H22IN. The Labute approximate surface area is 135 Å². The summed E-state index contributed by atoms with van der Waals surface area (Å²) in [7, 11) is 2.05. The summed E-state index contributed by atoms with van der Waals surface area (Å²) in [6.07, 6.45) is 1.02. The molecule has 0 aromatic heterocycles. The molecule has 0 fully saturated rings. The molecule has 0 radical (unpaired) electrons. The Kier molecular flexibility index (Phi) is 5.22. The predicted molar refractivity (Wildman–Crippen MR) is 95.3 cm³/mol. The molecule has 2 rings (SSSR count). The van der Waals surface area contributed by atoms with Gasteiger partial charge in [0.1, 0.15) is 0 Å². The van der Waals surface area contributed by atoms with Gasteiger partial charge in [0.25, 0.3) is 0 Å². The first kappa shape index (κ1) is 15.5. The van der Waals surface area contributed by atoms with E-state index in [1.807, 2.05) is 7.05 Å². The molecule has 0 bridgehead atoms. The Hall–Kier alpha value is -0.870. The molecule has 1 atom stereocenters. The van der Waals surface area contributed by atoms with Crippen molar-refractivity contribution in [2.45, 2.75) is 33.2 Å². The number of rotatable bonds is 4. The fraction of sp³-hybridized carbons (Fsp3) is 0.333. The van der Waals surface area contributed by atoms with Crippen LogP contribution in [0.3, 0.4) is 0 Å². The number of benzene rings is 2. The maximum absolute atomic E-state index is 3.46. The van der Waals surface area contributed by atoms with Crippen LogP contribution in [-0.4, -0.2) is 7.05 Å². The van der Waals surface area contributed by atoms with Crippen LogP contribution in [-0.2, 0) is 6.42 Å². The molecule has 0 amide bonds. The van der Waals surface area contributed by atoms with Gasteiger partial charge in [-0.3, -0.25) is 0 Å². The molecule has 0 saturated heterocycles. The summed E-state index contributed by atoms with van der Waals surface area (Å²) < 4.78 is 1.37. The largest absolute Gasteiger partial charge is 0.313 e. The lowest BCUT2D eigenvalue weighted by molar-refractivity contribution is 0.588. The lowest BCUT2D eigenvalue weighted by atomic mass is 9.96. The first-order chi connectivity index (χ1) is 9.52. The Morgan fingerprint density at radius 1 is 1.00 bits per heavy atom. The molecule has 2 aromatic carbocycles. The number of hydrogen-bond donors (Lipinski definition) is 1. The van der Waals surface area contributed by atoms with E-state index >= 15 is 0 Å². The van der Waals surface area contributed by atoms with E-state index in [1.54, 1.807) is 0 Å². The molecule has 106 valence electrons. The molecule has 0 saturated carbocycles. The number of halogens is 1. The molecule has 2 heteroatoms. The van der Waals surface area contributed by atoms with Crippen LogP contribution in [0.4, 0.5) is 0 Å². The SMILES string of the molecule is CNC(Cc1ccc(C)c(C)c1)c1cccc(C)c1I. The van der Waals surface area contributed by atoms with Gasteiger partial charge >= 0.3 is 0 Å². The molecule has 1 unspecified atom stereocenters. The van der Waals surface area contributed by atoms with Crippen LogP contribution in [0.25, 0.3) is 0 Å². The second kappa shape index (κ2) is 6.72. The molecule has 2 aromatic rings. The second-order valence-electron chi connectivity index (χ2n) is 5.44. The summed E-state index contributed by atoms with van der Waals surface area (Å²) in [6.45, 7) is 6.52. The van der Waals surface area contributed by atoms with Gasteiger partial charge < -0.3 is 5.32 Å². The van der Waals surface area contributed by atoms with Gasteiger partial charge in [0.15, 0.2) is 0 Å². The molecule has 0 spiro atoms. The van der Waals surface area contributed by atoms with Crippen LogP contribution in [0.5, 0.6) is 0 Å². The van der Waals surface area contributed by atoms with E-state index in [0.29, 0.717) is 6.04 Å². The fourth-order valence-electron chi connectivity index (χ4n) is 2.47. The van der Waals surface area contributed by atoms with Crippen molar-refractivity contribution in [3.8, 4) is 0 Å². The number of aryl methyl sites for hydroxylation is 3. The first-order valence-electron chi connectivity index (χ1n) is 7.01. The van der Waals surface area contributed by atoms with E-state index in [0.717, 1.165) is 6.42 Å². The third-order valence-corrected chi connectivity index (χ3v) is 5.43. The van der Waals surface area contributed by atoms with Crippen molar-refractivity contribution in [1.82, 2.24) is 5.32 Å². The standard InChI is InChI=1S/C18H22IN/c1-12-8-9-15(10-14(12)3)11-17(20-4)16-7-5-6-13(2)18(16)19/h5-10,17,20H,11H2,1-4H3. The Morgan fingerprint density at radius 3 is 2.40 bits per heavy atom. The first-order valence-corrected chi connectivity index (χ1v) is 8.09. The molecule has 1 nitrogen and oxygen atoms in total. The van der Waals surface area contributed by atoms with Gasteiger partial charge in [0.05, 0.1) is 0 Å². The minimum atomic E-state index is 0.365. The summed E-state index contributed by atoms with van der Waals surface area (Å²) in [5, 5.41) is 3.46. The molecule has 0 heterocycles. The molecule has 0 aliphatic heterocycles. The highest BCUT2D eigenvalue weighted by Gasteiger charge is 2.14. The van der Waals surface area contributed by atoms with E-state index in [1.165, 1.54) is 31.4 Å². The number of likely N-dealkylation sites (N-methyl/N-ethyl adjacent to an activating group) is 1. The van der Waals surface area contributed by atoms with Crippen molar-refractivity contribution in [3.05, 3.63) is 67.8 Å². The highest BCUT2D eigenvalue weighted by atomic mass is 127. The maximum Gasteiger partial charge on any atom is 0.0369 e. The third-order valence-electron chi connectivity index (χ3n) is 3.96. The smallest absolute Gasteiger partial charge is 0.0369 e. The zero-order valence-corrected chi connectivity index (χ0v) is 14.8. The van der Waals surface area contributed by atoms with E-state index in [9.17, 15) is 0 Å². The number of hydrogen-bond acceptors (Lipinski definition) is 1.